The number of rotatable bonds is 8. The molecule has 0 radical (unpaired) electrons. The van der Waals surface area contributed by atoms with Crippen LogP contribution in [0.2, 0.25) is 0 Å². The molecule has 0 aliphatic carbocycles. The molecule has 1 rings (SSSR count). The standard InChI is InChI=1S/C14H27N3S/c1-14(2,3)16-8-6-5-7-9-17(4)10-13-11-18-12-15-13/h11-12,16H,5-10H2,1-4H3. The number of nitrogens with one attached hydrogen (secondary N) is 1. The van der Waals surface area contributed by atoms with Crippen LogP contribution in [-0.4, -0.2) is 35.6 Å². The second-order valence-electron chi connectivity index (χ2n) is 5.95. The van der Waals surface area contributed by atoms with Gasteiger partial charge in [0.1, 0.15) is 0 Å². The van der Waals surface area contributed by atoms with Crippen molar-refractivity contribution >= 4 is 11.3 Å². The summed E-state index contributed by atoms with van der Waals surface area (Å²) in [6.07, 6.45) is 3.83. The third kappa shape index (κ3) is 7.80. The van der Waals surface area contributed by atoms with E-state index < -0.39 is 0 Å². The normalized spacial score (nSPS) is 12.3. The maximum Gasteiger partial charge on any atom is 0.0795 e. The first-order chi connectivity index (χ1) is 8.47. The summed E-state index contributed by atoms with van der Waals surface area (Å²) in [6.45, 7) is 9.91. The molecule has 0 atom stereocenters. The van der Waals surface area contributed by atoms with Crippen molar-refractivity contribution in [2.75, 3.05) is 20.1 Å². The predicted molar refractivity (Wildman–Crippen MR) is 80.1 cm³/mol. The minimum absolute atomic E-state index is 0.251. The van der Waals surface area contributed by atoms with E-state index in [9.17, 15) is 0 Å². The summed E-state index contributed by atoms with van der Waals surface area (Å²) in [4.78, 5) is 6.66. The molecule has 0 spiro atoms. The maximum absolute atomic E-state index is 4.31. The molecular formula is C14H27N3S. The molecule has 0 saturated carbocycles. The van der Waals surface area contributed by atoms with Gasteiger partial charge in [-0.1, -0.05) is 6.42 Å². The van der Waals surface area contributed by atoms with E-state index in [0.717, 1.165) is 19.6 Å². The Morgan fingerprint density at radius 2 is 2.06 bits per heavy atom. The first kappa shape index (κ1) is 15.6. The molecule has 18 heavy (non-hydrogen) atoms. The van der Waals surface area contributed by atoms with Gasteiger partial charge in [0.05, 0.1) is 11.2 Å². The van der Waals surface area contributed by atoms with Crippen LogP contribution in [0.4, 0.5) is 0 Å². The van der Waals surface area contributed by atoms with Crippen LogP contribution in [-0.2, 0) is 6.54 Å². The van der Waals surface area contributed by atoms with Crippen molar-refractivity contribution in [2.24, 2.45) is 0 Å². The van der Waals surface area contributed by atoms with Crippen molar-refractivity contribution in [3.8, 4) is 0 Å². The number of hydrogen-bond acceptors (Lipinski definition) is 4. The van der Waals surface area contributed by atoms with E-state index in [1.54, 1.807) is 11.3 Å². The third-order valence-corrected chi connectivity index (χ3v) is 3.42. The Morgan fingerprint density at radius 1 is 1.28 bits per heavy atom. The average molecular weight is 269 g/mol. The molecule has 4 heteroatoms. The minimum Gasteiger partial charge on any atom is -0.312 e. The van der Waals surface area contributed by atoms with Crippen molar-refractivity contribution in [3.05, 3.63) is 16.6 Å². The SMILES string of the molecule is CN(CCCCCNC(C)(C)C)Cc1cscn1. The smallest absolute Gasteiger partial charge is 0.0795 e. The largest absolute Gasteiger partial charge is 0.312 e. The average Bonchev–Trinajstić information content (AvgIpc) is 2.74. The molecule has 1 heterocycles. The van der Waals surface area contributed by atoms with E-state index >= 15 is 0 Å². The van der Waals surface area contributed by atoms with Crippen LogP contribution >= 0.6 is 11.3 Å². The van der Waals surface area contributed by atoms with Crippen LogP contribution < -0.4 is 5.32 Å². The van der Waals surface area contributed by atoms with E-state index in [1.165, 1.54) is 25.0 Å². The van der Waals surface area contributed by atoms with E-state index in [0.29, 0.717) is 0 Å². The van der Waals surface area contributed by atoms with Gasteiger partial charge in [-0.15, -0.1) is 11.3 Å². The fraction of sp³-hybridized carbons (Fsp3) is 0.786. The highest BCUT2D eigenvalue weighted by Crippen LogP contribution is 2.06. The lowest BCUT2D eigenvalue weighted by Gasteiger charge is -2.20. The number of unbranched alkanes of at least 4 members (excludes halogenated alkanes) is 2. The van der Waals surface area contributed by atoms with Gasteiger partial charge in [-0.3, -0.25) is 0 Å². The van der Waals surface area contributed by atoms with Gasteiger partial charge >= 0.3 is 0 Å². The van der Waals surface area contributed by atoms with E-state index in [4.69, 9.17) is 0 Å². The zero-order valence-electron chi connectivity index (χ0n) is 12.2. The number of thiazole rings is 1. The van der Waals surface area contributed by atoms with Crippen molar-refractivity contribution in [3.63, 3.8) is 0 Å². The van der Waals surface area contributed by atoms with Crippen LogP contribution in [0.25, 0.3) is 0 Å². The van der Waals surface area contributed by atoms with Gasteiger partial charge in [0.2, 0.25) is 0 Å². The highest BCUT2D eigenvalue weighted by molar-refractivity contribution is 7.07. The second-order valence-corrected chi connectivity index (χ2v) is 6.67. The van der Waals surface area contributed by atoms with E-state index in [-0.39, 0.29) is 5.54 Å². The first-order valence-electron chi connectivity index (χ1n) is 6.78. The molecule has 0 fully saturated rings. The van der Waals surface area contributed by atoms with Gasteiger partial charge in [-0.25, -0.2) is 4.98 Å². The molecule has 0 amide bonds. The molecular weight excluding hydrogens is 242 g/mol. The minimum atomic E-state index is 0.251. The van der Waals surface area contributed by atoms with Crippen LogP contribution in [0.1, 0.15) is 45.7 Å². The molecule has 104 valence electrons. The lowest BCUT2D eigenvalue weighted by Crippen LogP contribution is -2.36. The van der Waals surface area contributed by atoms with E-state index in [2.05, 4.69) is 48.4 Å². The fourth-order valence-electron chi connectivity index (χ4n) is 1.82. The molecule has 1 aromatic heterocycles. The monoisotopic (exact) mass is 269 g/mol. The predicted octanol–water partition coefficient (Wildman–Crippen LogP) is 3.13. The zero-order chi connectivity index (χ0) is 13.4. The first-order valence-corrected chi connectivity index (χ1v) is 7.72. The molecule has 3 nitrogen and oxygen atoms in total. The Bertz CT molecular complexity index is 303. The molecule has 0 aliphatic heterocycles. The topological polar surface area (TPSA) is 28.2 Å². The lowest BCUT2D eigenvalue weighted by atomic mass is 10.1. The maximum atomic E-state index is 4.31. The van der Waals surface area contributed by atoms with Gasteiger partial charge in [-0.2, -0.15) is 0 Å². The molecule has 1 N–H and O–H groups in total. The Labute approximate surface area is 116 Å². The number of aromatic nitrogens is 1. The molecule has 0 unspecified atom stereocenters. The van der Waals surface area contributed by atoms with Gasteiger partial charge in [0, 0.05) is 17.5 Å². The van der Waals surface area contributed by atoms with Gasteiger partial charge in [0.15, 0.2) is 0 Å². The highest BCUT2D eigenvalue weighted by Gasteiger charge is 2.07. The summed E-state index contributed by atoms with van der Waals surface area (Å²) in [5.41, 5.74) is 3.35. The summed E-state index contributed by atoms with van der Waals surface area (Å²) in [7, 11) is 2.17. The van der Waals surface area contributed by atoms with Crippen molar-refractivity contribution in [1.29, 1.82) is 0 Å². The summed E-state index contributed by atoms with van der Waals surface area (Å²) in [5.74, 6) is 0. The number of hydrogen-bond donors (Lipinski definition) is 1. The Morgan fingerprint density at radius 3 is 2.67 bits per heavy atom. The zero-order valence-corrected chi connectivity index (χ0v) is 13.0. The van der Waals surface area contributed by atoms with Gasteiger partial charge < -0.3 is 10.2 Å². The summed E-state index contributed by atoms with van der Waals surface area (Å²) in [5, 5.41) is 5.65. The van der Waals surface area contributed by atoms with E-state index in [1.807, 2.05) is 5.51 Å². The van der Waals surface area contributed by atoms with Crippen LogP contribution in [0, 0.1) is 0 Å². The Hall–Kier alpha value is -0.450. The van der Waals surface area contributed by atoms with Crippen LogP contribution in [0.5, 0.6) is 0 Å². The Kier molecular flexibility index (Phi) is 6.82. The number of nitrogens with zero attached hydrogens (tertiary/aromatic N) is 2. The summed E-state index contributed by atoms with van der Waals surface area (Å²) >= 11 is 1.67. The van der Waals surface area contributed by atoms with Gasteiger partial charge in [0.25, 0.3) is 0 Å². The molecule has 1 aromatic rings. The molecule has 0 aliphatic rings. The highest BCUT2D eigenvalue weighted by atomic mass is 32.1. The quantitative estimate of drug-likeness (QED) is 0.735. The fourth-order valence-corrected chi connectivity index (χ4v) is 2.37. The molecule has 0 aromatic carbocycles. The summed E-state index contributed by atoms with van der Waals surface area (Å²) < 4.78 is 0. The molecule has 0 saturated heterocycles. The van der Waals surface area contributed by atoms with Crippen LogP contribution in [0.15, 0.2) is 10.9 Å². The van der Waals surface area contributed by atoms with Crippen LogP contribution in [0.3, 0.4) is 0 Å². The summed E-state index contributed by atoms with van der Waals surface area (Å²) in [6, 6.07) is 0. The van der Waals surface area contributed by atoms with Crippen molar-refractivity contribution in [2.45, 2.75) is 52.1 Å². The van der Waals surface area contributed by atoms with Crippen molar-refractivity contribution in [1.82, 2.24) is 15.2 Å². The second kappa shape index (κ2) is 7.87. The lowest BCUT2D eigenvalue weighted by molar-refractivity contribution is 0.312. The van der Waals surface area contributed by atoms with Gasteiger partial charge in [-0.05, 0) is 53.8 Å². The van der Waals surface area contributed by atoms with Crippen molar-refractivity contribution < 1.29 is 0 Å². The third-order valence-electron chi connectivity index (χ3n) is 2.79. The Balaban J connectivity index is 1.97. The molecule has 0 bridgehead atoms.